The number of hydrogen-bond acceptors (Lipinski definition) is 4. The number of methoxy groups -OCH3 is 1. The van der Waals surface area contributed by atoms with Crippen LogP contribution in [0.1, 0.15) is 27.9 Å². The monoisotopic (exact) mass is 381 g/mol. The zero-order valence-corrected chi connectivity index (χ0v) is 16.1. The van der Waals surface area contributed by atoms with E-state index in [0.29, 0.717) is 17.8 Å². The minimum absolute atomic E-state index is 0.0176. The Kier molecular flexibility index (Phi) is 5.63. The summed E-state index contributed by atoms with van der Waals surface area (Å²) in [6, 6.07) is 11.6. The summed E-state index contributed by atoms with van der Waals surface area (Å²) in [5, 5.41) is 5.53. The van der Waals surface area contributed by atoms with E-state index in [4.69, 9.17) is 0 Å². The normalized spacial score (nSPS) is 16.0. The Hall–Kier alpha value is -3.35. The number of carbonyl (C=O) groups excluding carboxylic acids is 3. The molecule has 0 aliphatic carbocycles. The molecule has 1 saturated heterocycles. The lowest BCUT2D eigenvalue weighted by Gasteiger charge is -2.18. The van der Waals surface area contributed by atoms with Gasteiger partial charge >= 0.3 is 12.0 Å². The smallest absolute Gasteiger partial charge is 0.337 e. The van der Waals surface area contributed by atoms with E-state index in [-0.39, 0.29) is 18.4 Å². The van der Waals surface area contributed by atoms with Crippen LogP contribution in [0.2, 0.25) is 0 Å². The number of urea groups is 1. The molecule has 3 amide bonds. The average Bonchev–Trinajstić information content (AvgIpc) is 3.03. The van der Waals surface area contributed by atoms with Crippen molar-refractivity contribution in [2.24, 2.45) is 0 Å². The van der Waals surface area contributed by atoms with Crippen molar-refractivity contribution in [2.75, 3.05) is 23.9 Å². The quantitative estimate of drug-likeness (QED) is 0.797. The Morgan fingerprint density at radius 2 is 1.79 bits per heavy atom. The number of carbonyl (C=O) groups is 3. The van der Waals surface area contributed by atoms with Crippen LogP contribution in [-0.4, -0.2) is 37.6 Å². The van der Waals surface area contributed by atoms with Crippen molar-refractivity contribution in [3.05, 3.63) is 59.2 Å². The third-order valence-corrected chi connectivity index (χ3v) is 4.83. The molecule has 3 rings (SSSR count). The predicted octanol–water partition coefficient (Wildman–Crippen LogP) is 3.02. The second kappa shape index (κ2) is 8.12. The van der Waals surface area contributed by atoms with Gasteiger partial charge in [-0.1, -0.05) is 6.07 Å². The molecule has 2 aromatic rings. The first-order valence-corrected chi connectivity index (χ1v) is 9.01. The first-order valence-electron chi connectivity index (χ1n) is 9.01. The van der Waals surface area contributed by atoms with Crippen molar-refractivity contribution in [3.8, 4) is 0 Å². The fourth-order valence-corrected chi connectivity index (χ4v) is 3.11. The van der Waals surface area contributed by atoms with Crippen molar-refractivity contribution in [2.45, 2.75) is 26.3 Å². The van der Waals surface area contributed by atoms with Crippen molar-refractivity contribution in [1.29, 1.82) is 0 Å². The molecule has 1 aliphatic rings. The van der Waals surface area contributed by atoms with Crippen LogP contribution in [0.15, 0.2) is 42.5 Å². The molecule has 7 nitrogen and oxygen atoms in total. The first kappa shape index (κ1) is 19.4. The first-order chi connectivity index (χ1) is 13.4. The van der Waals surface area contributed by atoms with Crippen LogP contribution in [0, 0.1) is 13.8 Å². The van der Waals surface area contributed by atoms with E-state index in [1.54, 1.807) is 29.2 Å². The van der Waals surface area contributed by atoms with Gasteiger partial charge in [0.15, 0.2) is 0 Å². The highest BCUT2D eigenvalue weighted by molar-refractivity contribution is 5.98. The molecule has 7 heteroatoms. The Bertz CT molecular complexity index is 908. The maximum atomic E-state index is 12.4. The summed E-state index contributed by atoms with van der Waals surface area (Å²) in [4.78, 5) is 37.7. The summed E-state index contributed by atoms with van der Waals surface area (Å²) in [7, 11) is 1.31. The number of ether oxygens (including phenoxy) is 1. The van der Waals surface area contributed by atoms with Gasteiger partial charge < -0.3 is 20.3 Å². The van der Waals surface area contributed by atoms with Crippen LogP contribution in [0.25, 0.3) is 0 Å². The molecule has 0 bridgehead atoms. The summed E-state index contributed by atoms with van der Waals surface area (Å²) in [5.41, 5.74) is 4.08. The molecule has 0 unspecified atom stereocenters. The lowest BCUT2D eigenvalue weighted by molar-refractivity contribution is -0.117. The largest absolute Gasteiger partial charge is 0.465 e. The summed E-state index contributed by atoms with van der Waals surface area (Å²) in [5.74, 6) is -0.456. The topological polar surface area (TPSA) is 87.7 Å². The Balaban J connectivity index is 1.58. The van der Waals surface area contributed by atoms with Crippen LogP contribution in [0.5, 0.6) is 0 Å². The number of hydrogen-bond donors (Lipinski definition) is 2. The maximum absolute atomic E-state index is 12.4. The number of nitrogens with one attached hydrogen (secondary N) is 2. The zero-order valence-electron chi connectivity index (χ0n) is 16.1. The third kappa shape index (κ3) is 4.31. The zero-order chi connectivity index (χ0) is 20.3. The summed E-state index contributed by atoms with van der Waals surface area (Å²) in [6.45, 7) is 4.46. The SMILES string of the molecule is COC(=O)c1ccc(NC(=O)N[C@H]2CC(=O)N(c3ccc(C)c(C)c3)C2)cc1. The maximum Gasteiger partial charge on any atom is 0.337 e. The number of esters is 1. The average molecular weight is 381 g/mol. The third-order valence-electron chi connectivity index (χ3n) is 4.83. The standard InChI is InChI=1S/C21H23N3O4/c1-13-4-9-18(10-14(13)2)24-12-17(11-19(24)25)23-21(27)22-16-7-5-15(6-8-16)20(26)28-3/h4-10,17H,11-12H2,1-3H3,(H2,22,23,27)/t17-/m0/s1. The van der Waals surface area contributed by atoms with Crippen LogP contribution in [0.4, 0.5) is 16.2 Å². The highest BCUT2D eigenvalue weighted by atomic mass is 16.5. The molecule has 0 spiro atoms. The van der Waals surface area contributed by atoms with Gasteiger partial charge in [-0.3, -0.25) is 4.79 Å². The number of amides is 3. The molecule has 28 heavy (non-hydrogen) atoms. The second-order valence-corrected chi connectivity index (χ2v) is 6.84. The lowest BCUT2D eigenvalue weighted by Crippen LogP contribution is -2.39. The summed E-state index contributed by atoms with van der Waals surface area (Å²) in [6.07, 6.45) is 0.252. The number of aryl methyl sites for hydroxylation is 2. The van der Waals surface area contributed by atoms with E-state index >= 15 is 0 Å². The number of nitrogens with zero attached hydrogens (tertiary/aromatic N) is 1. The van der Waals surface area contributed by atoms with Crippen molar-refractivity contribution in [3.63, 3.8) is 0 Å². The van der Waals surface area contributed by atoms with Gasteiger partial charge in [0.2, 0.25) is 5.91 Å². The predicted molar refractivity (Wildman–Crippen MR) is 107 cm³/mol. The summed E-state index contributed by atoms with van der Waals surface area (Å²) < 4.78 is 4.64. The van der Waals surface area contributed by atoms with Gasteiger partial charge in [0.05, 0.1) is 18.7 Å². The van der Waals surface area contributed by atoms with E-state index in [9.17, 15) is 14.4 Å². The van der Waals surface area contributed by atoms with E-state index in [1.165, 1.54) is 12.7 Å². The molecule has 1 aliphatic heterocycles. The van der Waals surface area contributed by atoms with Crippen molar-refractivity contribution < 1.29 is 19.1 Å². The molecule has 2 N–H and O–H groups in total. The van der Waals surface area contributed by atoms with Gasteiger partial charge in [0, 0.05) is 24.3 Å². The van der Waals surface area contributed by atoms with Gasteiger partial charge in [-0.25, -0.2) is 9.59 Å². The fraction of sp³-hybridized carbons (Fsp3) is 0.286. The molecule has 2 aromatic carbocycles. The molecule has 1 atom stereocenters. The van der Waals surface area contributed by atoms with E-state index in [0.717, 1.165) is 11.3 Å². The Morgan fingerprint density at radius 1 is 1.07 bits per heavy atom. The molecular weight excluding hydrogens is 358 g/mol. The minimum Gasteiger partial charge on any atom is -0.465 e. The van der Waals surface area contributed by atoms with Crippen molar-refractivity contribution >= 4 is 29.3 Å². The highest BCUT2D eigenvalue weighted by Crippen LogP contribution is 2.24. The van der Waals surface area contributed by atoms with E-state index < -0.39 is 12.0 Å². The Labute approximate surface area is 163 Å². The van der Waals surface area contributed by atoms with Crippen LogP contribution in [0.3, 0.4) is 0 Å². The number of benzene rings is 2. The van der Waals surface area contributed by atoms with Gasteiger partial charge in [-0.2, -0.15) is 0 Å². The Morgan fingerprint density at radius 3 is 2.43 bits per heavy atom. The molecule has 1 heterocycles. The minimum atomic E-state index is -0.438. The van der Waals surface area contributed by atoms with Gasteiger partial charge in [0.25, 0.3) is 0 Å². The molecule has 0 radical (unpaired) electrons. The molecule has 0 aromatic heterocycles. The van der Waals surface area contributed by atoms with Crippen LogP contribution >= 0.6 is 0 Å². The second-order valence-electron chi connectivity index (χ2n) is 6.84. The highest BCUT2D eigenvalue weighted by Gasteiger charge is 2.31. The number of anilines is 2. The molecular formula is C21H23N3O4. The molecule has 1 fully saturated rings. The number of rotatable bonds is 4. The van der Waals surface area contributed by atoms with Crippen LogP contribution < -0.4 is 15.5 Å². The van der Waals surface area contributed by atoms with E-state index in [2.05, 4.69) is 15.4 Å². The fourth-order valence-electron chi connectivity index (χ4n) is 3.11. The van der Waals surface area contributed by atoms with Crippen LogP contribution in [-0.2, 0) is 9.53 Å². The van der Waals surface area contributed by atoms with Crippen molar-refractivity contribution in [1.82, 2.24) is 5.32 Å². The van der Waals surface area contributed by atoms with E-state index in [1.807, 2.05) is 32.0 Å². The van der Waals surface area contributed by atoms with Gasteiger partial charge in [0.1, 0.15) is 0 Å². The molecule has 146 valence electrons. The van der Waals surface area contributed by atoms with Gasteiger partial charge in [-0.05, 0) is 61.4 Å². The van der Waals surface area contributed by atoms with Gasteiger partial charge in [-0.15, -0.1) is 0 Å². The lowest BCUT2D eigenvalue weighted by atomic mass is 10.1. The summed E-state index contributed by atoms with van der Waals surface area (Å²) >= 11 is 0. The molecule has 0 saturated carbocycles.